The number of rotatable bonds is 2. The normalized spacial score (nSPS) is 10.7. The van der Waals surface area contributed by atoms with Gasteiger partial charge in [0, 0.05) is 24.2 Å². The minimum Gasteiger partial charge on any atom is -0.477 e. The molecule has 0 aliphatic carbocycles. The summed E-state index contributed by atoms with van der Waals surface area (Å²) in [5.74, 6) is -1.25. The van der Waals surface area contributed by atoms with Gasteiger partial charge in [-0.2, -0.15) is 0 Å². The first-order chi connectivity index (χ1) is 10.1. The van der Waals surface area contributed by atoms with Gasteiger partial charge >= 0.3 is 5.97 Å². The number of nitrogens with zero attached hydrogens (tertiary/aromatic N) is 2. The van der Waals surface area contributed by atoms with Gasteiger partial charge in [0.15, 0.2) is 0 Å². The smallest absolute Gasteiger partial charge is 0.342 e. The molecule has 21 heavy (non-hydrogen) atoms. The van der Waals surface area contributed by atoms with Crippen LogP contribution >= 0.6 is 0 Å². The van der Waals surface area contributed by atoms with E-state index in [0.29, 0.717) is 22.2 Å². The third kappa shape index (κ3) is 1.99. The molecular formula is C16H12N2O3. The van der Waals surface area contributed by atoms with Crippen LogP contribution in [0.4, 0.5) is 0 Å². The first-order valence-electron chi connectivity index (χ1n) is 6.37. The molecular weight excluding hydrogens is 268 g/mol. The molecule has 0 atom stereocenters. The molecule has 2 aromatic heterocycles. The maximum absolute atomic E-state index is 12.4. The van der Waals surface area contributed by atoms with Crippen molar-refractivity contribution >= 4 is 16.9 Å². The number of hydrogen-bond donors (Lipinski definition) is 1. The summed E-state index contributed by atoms with van der Waals surface area (Å²) in [5.41, 5.74) is 0.718. The van der Waals surface area contributed by atoms with Crippen LogP contribution in [0.1, 0.15) is 10.4 Å². The Morgan fingerprint density at radius 2 is 1.86 bits per heavy atom. The lowest BCUT2D eigenvalue weighted by Crippen LogP contribution is -2.26. The van der Waals surface area contributed by atoms with Crippen molar-refractivity contribution in [1.29, 1.82) is 0 Å². The molecule has 3 aromatic rings. The number of aryl methyl sites for hydroxylation is 1. The third-order valence-corrected chi connectivity index (χ3v) is 3.44. The van der Waals surface area contributed by atoms with E-state index in [0.717, 1.165) is 0 Å². The number of hydrogen-bond acceptors (Lipinski definition) is 3. The number of aromatic carboxylic acids is 1. The summed E-state index contributed by atoms with van der Waals surface area (Å²) in [6.45, 7) is 0. The van der Waals surface area contributed by atoms with Crippen molar-refractivity contribution in [2.24, 2.45) is 7.05 Å². The fourth-order valence-electron chi connectivity index (χ4n) is 2.47. The van der Waals surface area contributed by atoms with Gasteiger partial charge in [0.05, 0.1) is 11.2 Å². The molecule has 0 fully saturated rings. The first-order valence-corrected chi connectivity index (χ1v) is 6.37. The number of carboxylic acid groups (broad SMARTS) is 1. The Kier molecular flexibility index (Phi) is 3.02. The summed E-state index contributed by atoms with van der Waals surface area (Å²) in [5, 5.41) is 10.1. The van der Waals surface area contributed by atoms with Gasteiger partial charge in [-0.3, -0.25) is 9.78 Å². The molecule has 0 radical (unpaired) electrons. The largest absolute Gasteiger partial charge is 0.477 e. The first kappa shape index (κ1) is 13.1. The van der Waals surface area contributed by atoms with Crippen molar-refractivity contribution < 1.29 is 9.90 Å². The van der Waals surface area contributed by atoms with E-state index in [9.17, 15) is 14.7 Å². The Bertz CT molecular complexity index is 899. The average molecular weight is 280 g/mol. The Morgan fingerprint density at radius 1 is 1.14 bits per heavy atom. The van der Waals surface area contributed by atoms with E-state index >= 15 is 0 Å². The Hall–Kier alpha value is -2.95. The lowest BCUT2D eigenvalue weighted by Gasteiger charge is -2.13. The zero-order valence-electron chi connectivity index (χ0n) is 11.3. The van der Waals surface area contributed by atoms with Crippen LogP contribution in [0.25, 0.3) is 22.2 Å². The number of carbonyl (C=O) groups is 1. The average Bonchev–Trinajstić information content (AvgIpc) is 2.51. The van der Waals surface area contributed by atoms with Crippen LogP contribution in [0, 0.1) is 0 Å². The number of benzene rings is 1. The van der Waals surface area contributed by atoms with Crippen molar-refractivity contribution in [1.82, 2.24) is 9.55 Å². The molecule has 0 bridgehead atoms. The molecule has 2 heterocycles. The molecule has 0 amide bonds. The van der Waals surface area contributed by atoms with Crippen molar-refractivity contribution in [3.05, 3.63) is 64.6 Å². The molecule has 0 unspecified atom stereocenters. The van der Waals surface area contributed by atoms with E-state index in [4.69, 9.17) is 0 Å². The summed E-state index contributed by atoms with van der Waals surface area (Å²) >= 11 is 0. The molecule has 0 saturated carbocycles. The molecule has 0 aliphatic rings. The quantitative estimate of drug-likeness (QED) is 0.781. The highest BCUT2D eigenvalue weighted by atomic mass is 16.4. The second kappa shape index (κ2) is 4.86. The maximum Gasteiger partial charge on any atom is 0.342 e. The monoisotopic (exact) mass is 280 g/mol. The molecule has 0 saturated heterocycles. The minimum absolute atomic E-state index is 0.255. The molecule has 104 valence electrons. The van der Waals surface area contributed by atoms with Crippen molar-refractivity contribution in [2.45, 2.75) is 0 Å². The lowest BCUT2D eigenvalue weighted by atomic mass is 9.99. The number of pyridine rings is 2. The van der Waals surface area contributed by atoms with E-state index in [-0.39, 0.29) is 5.56 Å². The van der Waals surface area contributed by atoms with Gasteiger partial charge in [0.25, 0.3) is 5.56 Å². The number of fused-ring (bicyclic) bond motifs is 1. The van der Waals surface area contributed by atoms with Crippen LogP contribution in [0.5, 0.6) is 0 Å². The van der Waals surface area contributed by atoms with Crippen LogP contribution < -0.4 is 5.56 Å². The number of para-hydroxylation sites is 1. The molecule has 1 N–H and O–H groups in total. The standard InChI is InChI=1S/C16H12N2O3/c1-18-12-8-3-2-6-10(12)13(11-7-4-5-9-17-11)14(15(18)19)16(20)21/h2-9H,1H3,(H,20,21). The van der Waals surface area contributed by atoms with Crippen molar-refractivity contribution in [3.8, 4) is 11.3 Å². The Morgan fingerprint density at radius 3 is 2.52 bits per heavy atom. The summed E-state index contributed by atoms with van der Waals surface area (Å²) < 4.78 is 1.35. The zero-order chi connectivity index (χ0) is 15.0. The summed E-state index contributed by atoms with van der Waals surface area (Å²) in [4.78, 5) is 28.1. The van der Waals surface area contributed by atoms with Crippen LogP contribution in [-0.2, 0) is 7.05 Å². The van der Waals surface area contributed by atoms with Gasteiger partial charge < -0.3 is 9.67 Å². The van der Waals surface area contributed by atoms with Crippen molar-refractivity contribution in [3.63, 3.8) is 0 Å². The summed E-state index contributed by atoms with van der Waals surface area (Å²) in [6.07, 6.45) is 1.58. The highest BCUT2D eigenvalue weighted by Crippen LogP contribution is 2.28. The van der Waals surface area contributed by atoms with E-state index in [1.165, 1.54) is 4.57 Å². The fraction of sp³-hybridized carbons (Fsp3) is 0.0625. The Labute approximate surface area is 120 Å². The molecule has 5 heteroatoms. The van der Waals surface area contributed by atoms with Crippen LogP contribution in [0.3, 0.4) is 0 Å². The van der Waals surface area contributed by atoms with Gasteiger partial charge in [0.1, 0.15) is 5.56 Å². The molecule has 3 rings (SSSR count). The number of aromatic nitrogens is 2. The highest BCUT2D eigenvalue weighted by Gasteiger charge is 2.22. The van der Waals surface area contributed by atoms with E-state index < -0.39 is 11.5 Å². The predicted octanol–water partition coefficient (Wildman–Crippen LogP) is 2.30. The van der Waals surface area contributed by atoms with Crippen molar-refractivity contribution in [2.75, 3.05) is 0 Å². The zero-order valence-corrected chi connectivity index (χ0v) is 11.3. The topological polar surface area (TPSA) is 72.2 Å². The fourth-order valence-corrected chi connectivity index (χ4v) is 2.47. The predicted molar refractivity (Wildman–Crippen MR) is 79.4 cm³/mol. The highest BCUT2D eigenvalue weighted by molar-refractivity contribution is 6.05. The van der Waals surface area contributed by atoms with E-state index in [1.54, 1.807) is 43.6 Å². The van der Waals surface area contributed by atoms with Gasteiger partial charge in [-0.25, -0.2) is 4.79 Å². The third-order valence-electron chi connectivity index (χ3n) is 3.44. The van der Waals surface area contributed by atoms with Crippen LogP contribution in [0.15, 0.2) is 53.5 Å². The van der Waals surface area contributed by atoms with Gasteiger partial charge in [-0.05, 0) is 18.2 Å². The van der Waals surface area contributed by atoms with Gasteiger partial charge in [0.2, 0.25) is 0 Å². The maximum atomic E-state index is 12.4. The molecule has 5 nitrogen and oxygen atoms in total. The summed E-state index contributed by atoms with van der Waals surface area (Å²) in [6, 6.07) is 12.4. The molecule has 0 spiro atoms. The molecule has 0 aliphatic heterocycles. The Balaban J connectivity index is 2.57. The van der Waals surface area contributed by atoms with Gasteiger partial charge in [-0.1, -0.05) is 24.3 Å². The van der Waals surface area contributed by atoms with E-state index in [1.807, 2.05) is 12.1 Å². The van der Waals surface area contributed by atoms with Crippen LogP contribution in [0.2, 0.25) is 0 Å². The number of carboxylic acids is 1. The van der Waals surface area contributed by atoms with Gasteiger partial charge in [-0.15, -0.1) is 0 Å². The second-order valence-electron chi connectivity index (χ2n) is 4.65. The minimum atomic E-state index is -1.25. The van der Waals surface area contributed by atoms with Crippen LogP contribution in [-0.4, -0.2) is 20.6 Å². The summed E-state index contributed by atoms with van der Waals surface area (Å²) in [7, 11) is 1.57. The molecule has 1 aromatic carbocycles. The SMILES string of the molecule is Cn1c(=O)c(C(=O)O)c(-c2ccccn2)c2ccccc21. The second-order valence-corrected chi connectivity index (χ2v) is 4.65. The van der Waals surface area contributed by atoms with E-state index in [2.05, 4.69) is 4.98 Å². The lowest BCUT2D eigenvalue weighted by molar-refractivity contribution is 0.0695.